The Morgan fingerprint density at radius 2 is 1.92 bits per heavy atom. The summed E-state index contributed by atoms with van der Waals surface area (Å²) in [6.45, 7) is 3.31. The molecular weight excluding hydrogens is 517 g/mol. The van der Waals surface area contributed by atoms with Crippen molar-refractivity contribution >= 4 is 40.8 Å². The normalized spacial score (nSPS) is 21.1. The highest BCUT2D eigenvalue weighted by Gasteiger charge is 2.43. The number of hydrogen-bond acceptors (Lipinski definition) is 8. The molecule has 1 N–H and O–H groups in total. The summed E-state index contributed by atoms with van der Waals surface area (Å²) in [5.41, 5.74) is -0.397. The molecule has 2 saturated heterocycles. The number of aromatic nitrogens is 4. The highest BCUT2D eigenvalue weighted by atomic mass is 35.5. The molecule has 0 aliphatic carbocycles. The summed E-state index contributed by atoms with van der Waals surface area (Å²) in [4.78, 5) is 26.6. The fourth-order valence-electron chi connectivity index (χ4n) is 4.92. The van der Waals surface area contributed by atoms with Gasteiger partial charge in [0.15, 0.2) is 11.6 Å². The van der Waals surface area contributed by atoms with Crippen molar-refractivity contribution in [1.29, 1.82) is 0 Å². The van der Waals surface area contributed by atoms with Crippen LogP contribution in [0.2, 0.25) is 0 Å². The molecule has 2 aliphatic heterocycles. The number of carbonyl (C=O) groups excluding carboxylic acids is 1. The van der Waals surface area contributed by atoms with Gasteiger partial charge in [0.05, 0.1) is 11.3 Å². The molecular formula is C23H24ClF3N6O2S. The summed E-state index contributed by atoms with van der Waals surface area (Å²) in [7, 11) is 0. The second kappa shape index (κ2) is 10.2. The molecule has 2 unspecified atom stereocenters. The molecule has 0 radical (unpaired) electrons. The van der Waals surface area contributed by atoms with E-state index >= 15 is 0 Å². The molecule has 192 valence electrons. The van der Waals surface area contributed by atoms with E-state index in [1.54, 1.807) is 32.2 Å². The molecule has 2 fully saturated rings. The predicted octanol–water partition coefficient (Wildman–Crippen LogP) is 5.87. The van der Waals surface area contributed by atoms with Crippen LogP contribution in [-0.2, 0) is 11.0 Å². The van der Waals surface area contributed by atoms with Gasteiger partial charge in [0, 0.05) is 48.9 Å². The number of nitrogens with one attached hydrogen (secondary N) is 1. The second-order valence-electron chi connectivity index (χ2n) is 8.82. The Morgan fingerprint density at radius 3 is 2.56 bits per heavy atom. The lowest BCUT2D eigenvalue weighted by molar-refractivity contribution is -0.138. The van der Waals surface area contributed by atoms with Crippen molar-refractivity contribution in [3.63, 3.8) is 0 Å². The number of rotatable bonds is 5. The summed E-state index contributed by atoms with van der Waals surface area (Å²) in [6.07, 6.45) is 1.33. The molecule has 2 aliphatic rings. The van der Waals surface area contributed by atoms with Crippen LogP contribution in [0.15, 0.2) is 30.6 Å². The third-order valence-electron chi connectivity index (χ3n) is 6.49. The van der Waals surface area contributed by atoms with Gasteiger partial charge in [-0.3, -0.25) is 9.78 Å². The fraction of sp³-hybridized carbons (Fsp3) is 0.435. The summed E-state index contributed by atoms with van der Waals surface area (Å²) in [5, 5.41) is 3.38. The van der Waals surface area contributed by atoms with E-state index < -0.39 is 11.7 Å². The summed E-state index contributed by atoms with van der Waals surface area (Å²) in [6, 6.07) is 4.57. The van der Waals surface area contributed by atoms with Crippen LogP contribution in [-0.4, -0.2) is 42.2 Å². The molecule has 36 heavy (non-hydrogen) atoms. The minimum absolute atomic E-state index is 0. The zero-order valence-corrected chi connectivity index (χ0v) is 21.1. The van der Waals surface area contributed by atoms with E-state index in [4.69, 9.17) is 4.74 Å². The number of anilines is 2. The number of fused-ring (bicyclic) bond motifs is 2. The van der Waals surface area contributed by atoms with Crippen molar-refractivity contribution in [2.45, 2.75) is 63.7 Å². The minimum atomic E-state index is -4.57. The van der Waals surface area contributed by atoms with Gasteiger partial charge in [0.25, 0.3) is 0 Å². The number of aryl methyl sites for hydroxylation is 1. The molecule has 8 nitrogen and oxygen atoms in total. The molecule has 5 rings (SSSR count). The number of piperidine rings is 1. The summed E-state index contributed by atoms with van der Waals surface area (Å²) >= 11 is 1.11. The van der Waals surface area contributed by atoms with Crippen LogP contribution in [0.25, 0.3) is 0 Å². The highest BCUT2D eigenvalue weighted by Crippen LogP contribution is 2.43. The molecule has 0 spiro atoms. The number of ether oxygens (including phenoxy) is 1. The van der Waals surface area contributed by atoms with Crippen LogP contribution in [0.1, 0.15) is 55.6 Å². The van der Waals surface area contributed by atoms with Gasteiger partial charge in [-0.1, -0.05) is 0 Å². The highest BCUT2D eigenvalue weighted by molar-refractivity contribution is 7.09. The number of amides is 1. The average molecular weight is 541 g/mol. The third-order valence-corrected chi connectivity index (χ3v) is 7.13. The Hall–Kier alpha value is -2.99. The van der Waals surface area contributed by atoms with E-state index in [9.17, 15) is 18.0 Å². The molecule has 13 heteroatoms. The number of carbonyl (C=O) groups is 1. The lowest BCUT2D eigenvalue weighted by Crippen LogP contribution is -2.45. The van der Waals surface area contributed by atoms with Gasteiger partial charge >= 0.3 is 6.18 Å². The lowest BCUT2D eigenvalue weighted by atomic mass is 9.90. The SMILES string of the molecule is CC(=O)N1C2CCC1CC(c1nsc(Nc3ncc(C(F)(F)F)cc3Oc3cccnc3C)n1)C2.Cl. The second-order valence-corrected chi connectivity index (χ2v) is 9.57. The Balaban J connectivity index is 0.00000304. The topological polar surface area (TPSA) is 93.1 Å². The lowest BCUT2D eigenvalue weighted by Gasteiger charge is -2.37. The molecule has 2 atom stereocenters. The van der Waals surface area contributed by atoms with Gasteiger partial charge in [-0.25, -0.2) is 9.97 Å². The zero-order chi connectivity index (χ0) is 24.7. The largest absolute Gasteiger partial charge is 0.452 e. The maximum Gasteiger partial charge on any atom is 0.418 e. The first-order valence-electron chi connectivity index (χ1n) is 11.2. The Morgan fingerprint density at radius 1 is 1.19 bits per heavy atom. The van der Waals surface area contributed by atoms with Crippen molar-refractivity contribution in [3.05, 3.63) is 47.7 Å². The number of nitrogens with zero attached hydrogens (tertiary/aromatic N) is 5. The standard InChI is InChI=1S/C23H23F3N6O2S.ClH/c1-12-18(4-3-7-27-12)34-19-10-15(23(24,25)26)11-28-21(19)30-22-29-20(31-35-22)14-8-16-5-6-17(9-14)32(16)13(2)33;/h3-4,7,10-11,14,16-17H,5-6,8-9H2,1-2H3,(H,28,29,30,31);1H. The van der Waals surface area contributed by atoms with E-state index in [2.05, 4.69) is 24.6 Å². The van der Waals surface area contributed by atoms with Crippen LogP contribution in [0, 0.1) is 6.92 Å². The predicted molar refractivity (Wildman–Crippen MR) is 130 cm³/mol. The molecule has 5 heterocycles. The maximum atomic E-state index is 13.3. The van der Waals surface area contributed by atoms with Crippen molar-refractivity contribution < 1.29 is 22.7 Å². The van der Waals surface area contributed by atoms with Crippen molar-refractivity contribution in [1.82, 2.24) is 24.2 Å². The van der Waals surface area contributed by atoms with Crippen LogP contribution in [0.3, 0.4) is 0 Å². The van der Waals surface area contributed by atoms with E-state index in [0.29, 0.717) is 22.4 Å². The number of alkyl halides is 3. The monoisotopic (exact) mass is 540 g/mol. The molecule has 1 amide bonds. The number of pyridine rings is 2. The van der Waals surface area contributed by atoms with E-state index in [1.807, 2.05) is 4.90 Å². The number of hydrogen-bond donors (Lipinski definition) is 1. The summed E-state index contributed by atoms with van der Waals surface area (Å²) in [5.74, 6) is 1.23. The first-order chi connectivity index (χ1) is 16.7. The van der Waals surface area contributed by atoms with Crippen molar-refractivity contribution in [2.24, 2.45) is 0 Å². The summed E-state index contributed by atoms with van der Waals surface area (Å²) < 4.78 is 50.2. The van der Waals surface area contributed by atoms with Crippen molar-refractivity contribution in [2.75, 3.05) is 5.32 Å². The van der Waals surface area contributed by atoms with Crippen LogP contribution in [0.4, 0.5) is 24.1 Å². The Bertz CT molecular complexity index is 1240. The third kappa shape index (κ3) is 5.24. The van der Waals surface area contributed by atoms with Crippen molar-refractivity contribution in [3.8, 4) is 11.5 Å². The van der Waals surface area contributed by atoms with E-state index in [1.165, 1.54) is 0 Å². The van der Waals surface area contributed by atoms with Gasteiger partial charge in [-0.05, 0) is 50.8 Å². The fourth-order valence-corrected chi connectivity index (χ4v) is 5.57. The smallest absolute Gasteiger partial charge is 0.418 e. The average Bonchev–Trinajstić information content (AvgIpc) is 3.38. The zero-order valence-electron chi connectivity index (χ0n) is 19.5. The molecule has 0 saturated carbocycles. The first-order valence-corrected chi connectivity index (χ1v) is 12.0. The van der Waals surface area contributed by atoms with Crippen LogP contribution in [0.5, 0.6) is 11.5 Å². The minimum Gasteiger partial charge on any atom is -0.452 e. The Labute approximate surface area is 215 Å². The first kappa shape index (κ1) is 26.1. The quantitative estimate of drug-likeness (QED) is 0.432. The van der Waals surface area contributed by atoms with E-state index in [-0.39, 0.29) is 47.9 Å². The molecule has 0 aromatic carbocycles. The maximum absolute atomic E-state index is 13.3. The molecule has 3 aromatic heterocycles. The van der Waals surface area contributed by atoms with Gasteiger partial charge in [-0.15, -0.1) is 12.4 Å². The molecule has 3 aromatic rings. The van der Waals surface area contributed by atoms with Gasteiger partial charge in [-0.2, -0.15) is 17.5 Å². The number of halogens is 4. The Kier molecular flexibility index (Phi) is 7.37. The van der Waals surface area contributed by atoms with E-state index in [0.717, 1.165) is 49.5 Å². The van der Waals surface area contributed by atoms with Gasteiger partial charge in [0.2, 0.25) is 11.0 Å². The molecule has 2 bridgehead atoms. The van der Waals surface area contributed by atoms with Gasteiger partial charge in [0.1, 0.15) is 11.6 Å². The van der Waals surface area contributed by atoms with Gasteiger partial charge < -0.3 is 15.0 Å². The van der Waals surface area contributed by atoms with Crippen LogP contribution >= 0.6 is 23.9 Å². The van der Waals surface area contributed by atoms with Crippen LogP contribution < -0.4 is 10.1 Å².